The molecule has 1 unspecified atom stereocenters. The summed E-state index contributed by atoms with van der Waals surface area (Å²) in [5.41, 5.74) is 3.25. The molecule has 1 aromatic rings. The van der Waals surface area contributed by atoms with Crippen molar-refractivity contribution in [2.45, 2.75) is 33.4 Å². The first-order chi connectivity index (χ1) is 8.36. The van der Waals surface area contributed by atoms with Gasteiger partial charge >= 0.3 is 0 Å². The zero-order valence-electron chi connectivity index (χ0n) is 11.7. The fraction of sp³-hybridized carbons (Fsp3) is 0.500. The van der Waals surface area contributed by atoms with Gasteiger partial charge in [0.05, 0.1) is 7.11 Å². The Labute approximate surface area is 108 Å². The molecule has 4 nitrogen and oxygen atoms in total. The van der Waals surface area contributed by atoms with Crippen LogP contribution in [0.3, 0.4) is 0 Å². The second-order valence-electron chi connectivity index (χ2n) is 4.62. The van der Waals surface area contributed by atoms with Crippen LogP contribution in [0.25, 0.3) is 0 Å². The number of hydrogen-bond donors (Lipinski definition) is 1. The molecule has 4 heteroatoms. The molecule has 0 spiro atoms. The highest BCUT2D eigenvalue weighted by Gasteiger charge is 2.16. The number of aryl methyl sites for hydroxylation is 2. The highest BCUT2D eigenvalue weighted by Crippen LogP contribution is 2.24. The van der Waals surface area contributed by atoms with Crippen LogP contribution in [0.1, 0.15) is 23.6 Å². The molecule has 0 fully saturated rings. The summed E-state index contributed by atoms with van der Waals surface area (Å²) in [6.07, 6.45) is -0.979. The Morgan fingerprint density at radius 3 is 2.44 bits per heavy atom. The molecule has 0 bridgehead atoms. The van der Waals surface area contributed by atoms with Crippen molar-refractivity contribution in [1.82, 2.24) is 4.90 Å². The van der Waals surface area contributed by atoms with Gasteiger partial charge in [-0.05, 0) is 38.0 Å². The van der Waals surface area contributed by atoms with Crippen LogP contribution in [-0.2, 0) is 11.3 Å². The Bertz CT molecular complexity index is 441. The van der Waals surface area contributed by atoms with E-state index in [0.717, 1.165) is 22.4 Å². The van der Waals surface area contributed by atoms with E-state index in [1.54, 1.807) is 14.2 Å². The lowest BCUT2D eigenvalue weighted by atomic mass is 10.0. The van der Waals surface area contributed by atoms with Gasteiger partial charge in [0.15, 0.2) is 0 Å². The minimum absolute atomic E-state index is 0.296. The fourth-order valence-electron chi connectivity index (χ4n) is 1.82. The molecule has 0 saturated carbocycles. The quantitative estimate of drug-likeness (QED) is 0.885. The van der Waals surface area contributed by atoms with Crippen LogP contribution in [0.2, 0.25) is 0 Å². The molecule has 0 heterocycles. The molecular formula is C14H21NO3. The number of likely N-dealkylation sites (N-methyl/N-ethyl adjacent to an activating group) is 1. The summed E-state index contributed by atoms with van der Waals surface area (Å²) < 4.78 is 5.32. The second-order valence-corrected chi connectivity index (χ2v) is 4.62. The summed E-state index contributed by atoms with van der Waals surface area (Å²) in [4.78, 5) is 13.1. The van der Waals surface area contributed by atoms with Gasteiger partial charge in [0.25, 0.3) is 5.91 Å². The summed E-state index contributed by atoms with van der Waals surface area (Å²) in [6, 6.07) is 3.98. The second kappa shape index (κ2) is 5.87. The third-order valence-electron chi connectivity index (χ3n) is 3.04. The van der Waals surface area contributed by atoms with Crippen molar-refractivity contribution >= 4 is 5.91 Å². The van der Waals surface area contributed by atoms with E-state index < -0.39 is 6.10 Å². The van der Waals surface area contributed by atoms with Crippen LogP contribution < -0.4 is 4.74 Å². The van der Waals surface area contributed by atoms with Gasteiger partial charge in [0, 0.05) is 19.2 Å². The molecular weight excluding hydrogens is 230 g/mol. The van der Waals surface area contributed by atoms with Gasteiger partial charge in [0.1, 0.15) is 11.9 Å². The Balaban J connectivity index is 2.96. The lowest BCUT2D eigenvalue weighted by Crippen LogP contribution is -2.34. The van der Waals surface area contributed by atoms with Crippen molar-refractivity contribution in [1.29, 1.82) is 0 Å². The maximum Gasteiger partial charge on any atom is 0.251 e. The third kappa shape index (κ3) is 3.23. The zero-order valence-corrected chi connectivity index (χ0v) is 11.7. The predicted molar refractivity (Wildman–Crippen MR) is 70.6 cm³/mol. The number of hydrogen-bond acceptors (Lipinski definition) is 3. The number of aliphatic hydroxyl groups excluding tert-OH is 1. The SMILES string of the molecule is COc1cc(C)c(C)cc1CN(C)C(=O)C(C)O. The van der Waals surface area contributed by atoms with E-state index in [4.69, 9.17) is 4.74 Å². The molecule has 0 aliphatic heterocycles. The smallest absolute Gasteiger partial charge is 0.251 e. The van der Waals surface area contributed by atoms with Crippen molar-refractivity contribution in [2.75, 3.05) is 14.2 Å². The summed E-state index contributed by atoms with van der Waals surface area (Å²) >= 11 is 0. The normalized spacial score (nSPS) is 12.1. The van der Waals surface area contributed by atoms with Gasteiger partial charge in [-0.25, -0.2) is 0 Å². The maximum atomic E-state index is 11.6. The Kier molecular flexibility index (Phi) is 4.73. The zero-order chi connectivity index (χ0) is 13.9. The van der Waals surface area contributed by atoms with Gasteiger partial charge in [-0.3, -0.25) is 4.79 Å². The third-order valence-corrected chi connectivity index (χ3v) is 3.04. The van der Waals surface area contributed by atoms with Crippen LogP contribution in [0.15, 0.2) is 12.1 Å². The molecule has 1 rings (SSSR count). The lowest BCUT2D eigenvalue weighted by Gasteiger charge is -2.21. The molecule has 0 aromatic heterocycles. The molecule has 0 aliphatic rings. The average molecular weight is 251 g/mol. The van der Waals surface area contributed by atoms with E-state index >= 15 is 0 Å². The first-order valence-electron chi connectivity index (χ1n) is 5.94. The molecule has 0 aliphatic carbocycles. The average Bonchev–Trinajstić information content (AvgIpc) is 2.32. The summed E-state index contributed by atoms with van der Waals surface area (Å²) in [6.45, 7) is 5.94. The number of carbonyl (C=O) groups excluding carboxylic acids is 1. The van der Waals surface area contributed by atoms with E-state index in [9.17, 15) is 9.90 Å². The number of carbonyl (C=O) groups is 1. The highest BCUT2D eigenvalue weighted by atomic mass is 16.5. The fourth-order valence-corrected chi connectivity index (χ4v) is 1.82. The van der Waals surface area contributed by atoms with E-state index in [1.165, 1.54) is 11.8 Å². The van der Waals surface area contributed by atoms with Crippen LogP contribution in [0.5, 0.6) is 5.75 Å². The standard InChI is InChI=1S/C14H21NO3/c1-9-6-12(13(18-5)7-10(9)2)8-15(4)14(17)11(3)16/h6-7,11,16H,8H2,1-5H3. The molecule has 18 heavy (non-hydrogen) atoms. The first-order valence-corrected chi connectivity index (χ1v) is 5.94. The van der Waals surface area contributed by atoms with Crippen LogP contribution in [0.4, 0.5) is 0 Å². The first kappa shape index (κ1) is 14.5. The van der Waals surface area contributed by atoms with Crippen molar-refractivity contribution < 1.29 is 14.6 Å². The van der Waals surface area contributed by atoms with Gasteiger partial charge in [0.2, 0.25) is 0 Å². The molecule has 1 aromatic carbocycles. The lowest BCUT2D eigenvalue weighted by molar-refractivity contribution is -0.138. The molecule has 0 radical (unpaired) electrons. The van der Waals surface area contributed by atoms with Gasteiger partial charge < -0.3 is 14.7 Å². The Morgan fingerprint density at radius 2 is 1.94 bits per heavy atom. The summed E-state index contributed by atoms with van der Waals surface area (Å²) in [5, 5.41) is 9.27. The monoisotopic (exact) mass is 251 g/mol. The Hall–Kier alpha value is -1.55. The summed E-state index contributed by atoms with van der Waals surface area (Å²) in [5.74, 6) is 0.471. The molecule has 1 atom stereocenters. The molecule has 0 saturated heterocycles. The highest BCUT2D eigenvalue weighted by molar-refractivity contribution is 5.80. The number of amides is 1. The topological polar surface area (TPSA) is 49.8 Å². The van der Waals surface area contributed by atoms with Gasteiger partial charge in [-0.2, -0.15) is 0 Å². The minimum atomic E-state index is -0.979. The number of rotatable bonds is 4. The molecule has 1 amide bonds. The number of aliphatic hydroxyl groups is 1. The van der Waals surface area contributed by atoms with Crippen molar-refractivity contribution in [3.63, 3.8) is 0 Å². The van der Waals surface area contributed by atoms with Crippen LogP contribution in [-0.4, -0.2) is 36.2 Å². The number of benzene rings is 1. The number of ether oxygens (including phenoxy) is 1. The number of nitrogens with zero attached hydrogens (tertiary/aromatic N) is 1. The van der Waals surface area contributed by atoms with Crippen molar-refractivity contribution in [2.24, 2.45) is 0 Å². The predicted octanol–water partition coefficient (Wildman–Crippen LogP) is 1.65. The van der Waals surface area contributed by atoms with E-state index in [0.29, 0.717) is 6.54 Å². The summed E-state index contributed by atoms with van der Waals surface area (Å²) in [7, 11) is 3.29. The Morgan fingerprint density at radius 1 is 1.39 bits per heavy atom. The largest absolute Gasteiger partial charge is 0.496 e. The van der Waals surface area contributed by atoms with Crippen LogP contribution >= 0.6 is 0 Å². The van der Waals surface area contributed by atoms with E-state index in [2.05, 4.69) is 0 Å². The number of methoxy groups -OCH3 is 1. The van der Waals surface area contributed by atoms with Gasteiger partial charge in [-0.1, -0.05) is 6.07 Å². The molecule has 100 valence electrons. The van der Waals surface area contributed by atoms with Crippen LogP contribution in [0, 0.1) is 13.8 Å². The molecule has 1 N–H and O–H groups in total. The van der Waals surface area contributed by atoms with Gasteiger partial charge in [-0.15, -0.1) is 0 Å². The minimum Gasteiger partial charge on any atom is -0.496 e. The van der Waals surface area contributed by atoms with E-state index in [-0.39, 0.29) is 5.91 Å². The van der Waals surface area contributed by atoms with E-state index in [1.807, 2.05) is 26.0 Å². The van der Waals surface area contributed by atoms with Crippen molar-refractivity contribution in [3.8, 4) is 5.75 Å². The maximum absolute atomic E-state index is 11.6. The van der Waals surface area contributed by atoms with Crippen molar-refractivity contribution in [3.05, 3.63) is 28.8 Å².